The number of hydrogen-bond acceptors (Lipinski definition) is 3. The molecule has 4 heteroatoms. The van der Waals surface area contributed by atoms with Crippen molar-refractivity contribution in [3.05, 3.63) is 24.4 Å². The Morgan fingerprint density at radius 2 is 2.10 bits per heavy atom. The van der Waals surface area contributed by atoms with Gasteiger partial charge in [0, 0.05) is 43.6 Å². The van der Waals surface area contributed by atoms with Gasteiger partial charge in [0.2, 0.25) is 11.8 Å². The van der Waals surface area contributed by atoms with E-state index in [1.54, 1.807) is 6.20 Å². The molecule has 2 atom stereocenters. The van der Waals surface area contributed by atoms with E-state index >= 15 is 0 Å². The Labute approximate surface area is 126 Å². The standard InChI is InChI=1S/C17H24N2O2/c1-2-3-7-17(20)19-13-8-9-14(19)12-15(11-13)21-16-6-4-5-10-18-16/h4-6,10,13-15H,2-3,7-9,11-12H2,1H3. The SMILES string of the molecule is CCCCC(=O)N1C2CCC1CC(Oc1ccccn1)C2. The van der Waals surface area contributed by atoms with Gasteiger partial charge in [-0.05, 0) is 25.3 Å². The number of carbonyl (C=O) groups excluding carboxylic acids is 1. The molecule has 0 spiro atoms. The number of amides is 1. The van der Waals surface area contributed by atoms with Crippen LogP contribution in [0.1, 0.15) is 51.9 Å². The number of fused-ring (bicyclic) bond motifs is 2. The van der Waals surface area contributed by atoms with Crippen molar-refractivity contribution in [1.82, 2.24) is 9.88 Å². The Bertz CT molecular complexity index is 463. The van der Waals surface area contributed by atoms with Gasteiger partial charge in [-0.1, -0.05) is 19.4 Å². The van der Waals surface area contributed by atoms with E-state index in [1.807, 2.05) is 18.2 Å². The zero-order chi connectivity index (χ0) is 14.7. The van der Waals surface area contributed by atoms with Crippen molar-refractivity contribution in [1.29, 1.82) is 0 Å². The van der Waals surface area contributed by atoms with Gasteiger partial charge in [0.1, 0.15) is 6.10 Å². The van der Waals surface area contributed by atoms with E-state index < -0.39 is 0 Å². The lowest BCUT2D eigenvalue weighted by molar-refractivity contribution is -0.137. The number of carbonyl (C=O) groups is 1. The first-order valence-corrected chi connectivity index (χ1v) is 8.16. The summed E-state index contributed by atoms with van der Waals surface area (Å²) in [4.78, 5) is 18.8. The van der Waals surface area contributed by atoms with Gasteiger partial charge in [-0.2, -0.15) is 0 Å². The molecule has 0 radical (unpaired) electrons. The van der Waals surface area contributed by atoms with Crippen LogP contribution in [0.3, 0.4) is 0 Å². The Hall–Kier alpha value is -1.58. The molecule has 2 bridgehead atoms. The van der Waals surface area contributed by atoms with Gasteiger partial charge in [0.15, 0.2) is 0 Å². The minimum Gasteiger partial charge on any atom is -0.474 e. The Morgan fingerprint density at radius 1 is 1.33 bits per heavy atom. The van der Waals surface area contributed by atoms with Crippen LogP contribution in [0.15, 0.2) is 24.4 Å². The first kappa shape index (κ1) is 14.4. The first-order valence-electron chi connectivity index (χ1n) is 8.16. The first-order chi connectivity index (χ1) is 10.3. The monoisotopic (exact) mass is 288 g/mol. The summed E-state index contributed by atoms with van der Waals surface area (Å²) in [6.45, 7) is 2.13. The Kier molecular flexibility index (Phi) is 4.42. The van der Waals surface area contributed by atoms with Crippen molar-refractivity contribution >= 4 is 5.91 Å². The molecule has 3 heterocycles. The highest BCUT2D eigenvalue weighted by Gasteiger charge is 2.43. The molecule has 0 aromatic carbocycles. The highest BCUT2D eigenvalue weighted by Crippen LogP contribution is 2.37. The second kappa shape index (κ2) is 6.46. The van der Waals surface area contributed by atoms with E-state index in [2.05, 4.69) is 16.8 Å². The van der Waals surface area contributed by atoms with Gasteiger partial charge in [-0.25, -0.2) is 4.98 Å². The number of aromatic nitrogens is 1. The maximum Gasteiger partial charge on any atom is 0.223 e. The lowest BCUT2D eigenvalue weighted by atomic mass is 9.99. The molecule has 4 nitrogen and oxygen atoms in total. The van der Waals surface area contributed by atoms with Crippen molar-refractivity contribution in [2.45, 2.75) is 70.1 Å². The average Bonchev–Trinajstić information content (AvgIpc) is 2.77. The summed E-state index contributed by atoms with van der Waals surface area (Å²) in [5.74, 6) is 1.05. The van der Waals surface area contributed by atoms with E-state index in [0.717, 1.165) is 38.5 Å². The molecule has 1 aromatic heterocycles. The highest BCUT2D eigenvalue weighted by molar-refractivity contribution is 5.77. The van der Waals surface area contributed by atoms with E-state index in [4.69, 9.17) is 4.74 Å². The van der Waals surface area contributed by atoms with Crippen LogP contribution in [0.4, 0.5) is 0 Å². The van der Waals surface area contributed by atoms with Gasteiger partial charge in [0.25, 0.3) is 0 Å². The number of unbranched alkanes of at least 4 members (excludes halogenated alkanes) is 1. The number of piperidine rings is 1. The van der Waals surface area contributed by atoms with E-state index in [-0.39, 0.29) is 6.10 Å². The quantitative estimate of drug-likeness (QED) is 0.835. The number of hydrogen-bond donors (Lipinski definition) is 0. The second-order valence-electron chi connectivity index (χ2n) is 6.17. The lowest BCUT2D eigenvalue weighted by Gasteiger charge is -2.38. The molecular formula is C17H24N2O2. The summed E-state index contributed by atoms with van der Waals surface area (Å²) in [5, 5.41) is 0. The fourth-order valence-corrected chi connectivity index (χ4v) is 3.68. The molecule has 2 aliphatic heterocycles. The van der Waals surface area contributed by atoms with Crippen molar-refractivity contribution in [3.8, 4) is 5.88 Å². The number of rotatable bonds is 5. The zero-order valence-corrected chi connectivity index (χ0v) is 12.7. The van der Waals surface area contributed by atoms with Gasteiger partial charge in [-0.3, -0.25) is 4.79 Å². The third kappa shape index (κ3) is 3.20. The fraction of sp³-hybridized carbons (Fsp3) is 0.647. The molecule has 2 saturated heterocycles. The van der Waals surface area contributed by atoms with Crippen LogP contribution >= 0.6 is 0 Å². The van der Waals surface area contributed by atoms with Crippen molar-refractivity contribution in [2.24, 2.45) is 0 Å². The van der Waals surface area contributed by atoms with Crippen LogP contribution in [0, 0.1) is 0 Å². The predicted octanol–water partition coefficient (Wildman–Crippen LogP) is 3.17. The molecule has 3 rings (SSSR count). The van der Waals surface area contributed by atoms with E-state index in [9.17, 15) is 4.79 Å². The summed E-state index contributed by atoms with van der Waals surface area (Å²) in [5.41, 5.74) is 0. The molecule has 2 aliphatic rings. The molecule has 0 saturated carbocycles. The van der Waals surface area contributed by atoms with Gasteiger partial charge in [0.05, 0.1) is 0 Å². The van der Waals surface area contributed by atoms with Crippen LogP contribution in [0.5, 0.6) is 5.88 Å². The van der Waals surface area contributed by atoms with Crippen LogP contribution in [0.25, 0.3) is 0 Å². The predicted molar refractivity (Wildman–Crippen MR) is 81.1 cm³/mol. The summed E-state index contributed by atoms with van der Waals surface area (Å²) in [6.07, 6.45) is 8.91. The lowest BCUT2D eigenvalue weighted by Crippen LogP contribution is -2.49. The van der Waals surface area contributed by atoms with Crippen LogP contribution in [-0.4, -0.2) is 34.0 Å². The molecule has 2 fully saturated rings. The van der Waals surface area contributed by atoms with E-state index in [0.29, 0.717) is 30.3 Å². The maximum absolute atomic E-state index is 12.4. The number of nitrogens with zero attached hydrogens (tertiary/aromatic N) is 2. The molecule has 21 heavy (non-hydrogen) atoms. The van der Waals surface area contributed by atoms with E-state index in [1.165, 1.54) is 0 Å². The topological polar surface area (TPSA) is 42.4 Å². The van der Waals surface area contributed by atoms with Crippen LogP contribution in [-0.2, 0) is 4.79 Å². The average molecular weight is 288 g/mol. The number of pyridine rings is 1. The normalized spacial score (nSPS) is 27.7. The molecule has 1 amide bonds. The van der Waals surface area contributed by atoms with Crippen LogP contribution in [0.2, 0.25) is 0 Å². The minimum atomic E-state index is 0.202. The number of ether oxygens (including phenoxy) is 1. The van der Waals surface area contributed by atoms with Gasteiger partial charge in [-0.15, -0.1) is 0 Å². The Morgan fingerprint density at radius 3 is 2.71 bits per heavy atom. The highest BCUT2D eigenvalue weighted by atomic mass is 16.5. The molecular weight excluding hydrogens is 264 g/mol. The van der Waals surface area contributed by atoms with Gasteiger partial charge < -0.3 is 9.64 Å². The molecule has 2 unspecified atom stereocenters. The summed E-state index contributed by atoms with van der Waals surface area (Å²) in [7, 11) is 0. The summed E-state index contributed by atoms with van der Waals surface area (Å²) in [6, 6.07) is 6.50. The maximum atomic E-state index is 12.4. The van der Waals surface area contributed by atoms with Crippen LogP contribution < -0.4 is 4.74 Å². The Balaban J connectivity index is 1.60. The summed E-state index contributed by atoms with van der Waals surface area (Å²) >= 11 is 0. The third-order valence-corrected chi connectivity index (χ3v) is 4.65. The smallest absolute Gasteiger partial charge is 0.223 e. The summed E-state index contributed by atoms with van der Waals surface area (Å²) < 4.78 is 6.00. The van der Waals surface area contributed by atoms with Crippen molar-refractivity contribution in [2.75, 3.05) is 0 Å². The second-order valence-corrected chi connectivity index (χ2v) is 6.17. The largest absolute Gasteiger partial charge is 0.474 e. The third-order valence-electron chi connectivity index (χ3n) is 4.65. The van der Waals surface area contributed by atoms with Crippen molar-refractivity contribution < 1.29 is 9.53 Å². The zero-order valence-electron chi connectivity index (χ0n) is 12.7. The van der Waals surface area contributed by atoms with Gasteiger partial charge >= 0.3 is 0 Å². The molecule has 114 valence electrons. The molecule has 1 aromatic rings. The fourth-order valence-electron chi connectivity index (χ4n) is 3.68. The molecule has 0 N–H and O–H groups in total. The minimum absolute atomic E-state index is 0.202. The van der Waals surface area contributed by atoms with Crippen molar-refractivity contribution in [3.63, 3.8) is 0 Å². The molecule has 0 aliphatic carbocycles.